The van der Waals surface area contributed by atoms with Crippen LogP contribution in [-0.4, -0.2) is 39.9 Å². The Morgan fingerprint density at radius 3 is 2.63 bits per heavy atom. The third-order valence-electron chi connectivity index (χ3n) is 4.37. The predicted octanol–water partition coefficient (Wildman–Crippen LogP) is 2.00. The number of hydrogen-bond donors (Lipinski definition) is 1. The molecule has 4 nitrogen and oxygen atoms in total. The molecule has 1 aliphatic heterocycles. The third kappa shape index (κ3) is 3.37. The average Bonchev–Trinajstić information content (AvgIpc) is 2.92. The summed E-state index contributed by atoms with van der Waals surface area (Å²) in [6, 6.07) is 1.24. The van der Waals surface area contributed by atoms with Crippen molar-refractivity contribution in [2.75, 3.05) is 13.1 Å². The lowest BCUT2D eigenvalue weighted by Crippen LogP contribution is -2.40. The smallest absolute Gasteiger partial charge is 0.0641 e. The molecule has 1 saturated heterocycles. The van der Waals surface area contributed by atoms with Crippen molar-refractivity contribution in [3.05, 3.63) is 17.0 Å². The van der Waals surface area contributed by atoms with Crippen molar-refractivity contribution >= 4 is 0 Å². The van der Waals surface area contributed by atoms with Crippen LogP contribution in [0.15, 0.2) is 0 Å². The topological polar surface area (TPSA) is 33.1 Å². The lowest BCUT2D eigenvalue weighted by molar-refractivity contribution is 0.193. The van der Waals surface area contributed by atoms with E-state index >= 15 is 0 Å². The largest absolute Gasteiger partial charge is 0.313 e. The first kappa shape index (κ1) is 14.5. The van der Waals surface area contributed by atoms with Gasteiger partial charge in [-0.2, -0.15) is 5.10 Å². The molecule has 0 radical (unpaired) electrons. The molecule has 108 valence electrons. The van der Waals surface area contributed by atoms with E-state index in [1.807, 2.05) is 11.7 Å². The Labute approximate surface area is 117 Å². The van der Waals surface area contributed by atoms with Gasteiger partial charge in [0.05, 0.1) is 5.69 Å². The lowest BCUT2D eigenvalue weighted by atomic mass is 10.1. The Bertz CT molecular complexity index is 416. The van der Waals surface area contributed by atoms with E-state index in [9.17, 15) is 0 Å². The van der Waals surface area contributed by atoms with E-state index in [1.54, 1.807) is 0 Å². The zero-order valence-electron chi connectivity index (χ0n) is 13.0. The van der Waals surface area contributed by atoms with Crippen LogP contribution >= 0.6 is 0 Å². The molecule has 0 saturated carbocycles. The second kappa shape index (κ2) is 6.06. The Hall–Kier alpha value is -0.870. The normalized spacial score (nSPS) is 19.8. The zero-order chi connectivity index (χ0) is 14.0. The van der Waals surface area contributed by atoms with Gasteiger partial charge in [-0.3, -0.25) is 9.58 Å². The molecule has 1 aromatic heterocycles. The maximum Gasteiger partial charge on any atom is 0.0641 e. The van der Waals surface area contributed by atoms with Gasteiger partial charge >= 0.3 is 0 Å². The summed E-state index contributed by atoms with van der Waals surface area (Å²) >= 11 is 0. The van der Waals surface area contributed by atoms with Gasteiger partial charge in [0.25, 0.3) is 0 Å². The van der Waals surface area contributed by atoms with Crippen LogP contribution < -0.4 is 5.32 Å². The van der Waals surface area contributed by atoms with E-state index in [1.165, 1.54) is 36.3 Å². The lowest BCUT2D eigenvalue weighted by Gasteiger charge is -2.29. The van der Waals surface area contributed by atoms with Crippen LogP contribution in [0.5, 0.6) is 0 Å². The van der Waals surface area contributed by atoms with Gasteiger partial charge < -0.3 is 5.32 Å². The van der Waals surface area contributed by atoms with Crippen molar-refractivity contribution in [2.45, 2.75) is 59.2 Å². The van der Waals surface area contributed by atoms with E-state index in [0.717, 1.165) is 13.1 Å². The summed E-state index contributed by atoms with van der Waals surface area (Å²) in [5.74, 6) is 0. The van der Waals surface area contributed by atoms with Crippen LogP contribution in [0.2, 0.25) is 0 Å². The molecule has 19 heavy (non-hydrogen) atoms. The summed E-state index contributed by atoms with van der Waals surface area (Å²) in [5, 5.41) is 8.13. The van der Waals surface area contributed by atoms with Gasteiger partial charge in [-0.15, -0.1) is 0 Å². The van der Waals surface area contributed by atoms with Crippen molar-refractivity contribution in [3.63, 3.8) is 0 Å². The molecule has 1 fully saturated rings. The quantitative estimate of drug-likeness (QED) is 0.883. The minimum Gasteiger partial charge on any atom is -0.313 e. The number of aromatic nitrogens is 2. The molecule has 0 amide bonds. The highest BCUT2D eigenvalue weighted by Crippen LogP contribution is 2.18. The van der Waals surface area contributed by atoms with Crippen molar-refractivity contribution in [3.8, 4) is 0 Å². The minimum absolute atomic E-state index is 0.571. The highest BCUT2D eigenvalue weighted by molar-refractivity contribution is 5.24. The molecule has 2 rings (SSSR count). The van der Waals surface area contributed by atoms with Gasteiger partial charge in [0.2, 0.25) is 0 Å². The van der Waals surface area contributed by atoms with Crippen LogP contribution in [0.1, 0.15) is 43.6 Å². The van der Waals surface area contributed by atoms with E-state index in [-0.39, 0.29) is 0 Å². The van der Waals surface area contributed by atoms with Crippen molar-refractivity contribution in [1.29, 1.82) is 0 Å². The molecule has 1 unspecified atom stereocenters. The number of aryl methyl sites for hydroxylation is 2. The summed E-state index contributed by atoms with van der Waals surface area (Å²) in [6.45, 7) is 12.2. The van der Waals surface area contributed by atoms with Gasteiger partial charge in [-0.05, 0) is 47.1 Å². The molecule has 0 bridgehead atoms. The molecule has 4 heteroatoms. The Morgan fingerprint density at radius 1 is 1.42 bits per heavy atom. The molecule has 1 atom stereocenters. The zero-order valence-corrected chi connectivity index (χ0v) is 13.0. The van der Waals surface area contributed by atoms with Crippen molar-refractivity contribution in [2.24, 2.45) is 7.05 Å². The fraction of sp³-hybridized carbons (Fsp3) is 0.800. The summed E-state index contributed by atoms with van der Waals surface area (Å²) in [7, 11) is 2.03. The highest BCUT2D eigenvalue weighted by Gasteiger charge is 2.21. The fourth-order valence-corrected chi connectivity index (χ4v) is 2.90. The maximum atomic E-state index is 4.53. The Morgan fingerprint density at radius 2 is 2.16 bits per heavy atom. The van der Waals surface area contributed by atoms with Crippen LogP contribution in [0, 0.1) is 13.8 Å². The van der Waals surface area contributed by atoms with Crippen LogP contribution in [-0.2, 0) is 13.6 Å². The second-order valence-electron chi connectivity index (χ2n) is 6.09. The molecular formula is C15H28N4. The van der Waals surface area contributed by atoms with Crippen LogP contribution in [0.4, 0.5) is 0 Å². The Balaban J connectivity index is 2.07. The van der Waals surface area contributed by atoms with Crippen LogP contribution in [0.3, 0.4) is 0 Å². The fourth-order valence-electron chi connectivity index (χ4n) is 2.90. The molecule has 1 N–H and O–H groups in total. The van der Waals surface area contributed by atoms with Gasteiger partial charge in [-0.1, -0.05) is 0 Å². The van der Waals surface area contributed by atoms with Gasteiger partial charge in [0.1, 0.15) is 0 Å². The predicted molar refractivity (Wildman–Crippen MR) is 79.3 cm³/mol. The first-order valence-corrected chi connectivity index (χ1v) is 7.45. The number of hydrogen-bond acceptors (Lipinski definition) is 3. The van der Waals surface area contributed by atoms with Crippen molar-refractivity contribution in [1.82, 2.24) is 20.0 Å². The van der Waals surface area contributed by atoms with Gasteiger partial charge in [0, 0.05) is 43.5 Å². The summed E-state index contributed by atoms with van der Waals surface area (Å²) in [6.07, 6.45) is 2.63. The monoisotopic (exact) mass is 264 g/mol. The molecule has 1 aliphatic rings. The van der Waals surface area contributed by atoms with Crippen molar-refractivity contribution < 1.29 is 0 Å². The van der Waals surface area contributed by atoms with Crippen LogP contribution in [0.25, 0.3) is 0 Å². The van der Waals surface area contributed by atoms with E-state index in [4.69, 9.17) is 0 Å². The molecular weight excluding hydrogens is 236 g/mol. The molecule has 0 aliphatic carbocycles. The molecule has 0 spiro atoms. The highest BCUT2D eigenvalue weighted by atomic mass is 15.3. The standard InChI is InChI=1S/C15H28N4/c1-11(2)19(9-14-7-6-8-16-14)10-15-12(3)17-18(5)13(15)4/h11,14,16H,6-10H2,1-5H3. The molecule has 1 aromatic rings. The molecule has 2 heterocycles. The number of nitrogens with zero attached hydrogens (tertiary/aromatic N) is 3. The van der Waals surface area contributed by atoms with E-state index < -0.39 is 0 Å². The van der Waals surface area contributed by atoms with E-state index in [2.05, 4.69) is 43.0 Å². The maximum absolute atomic E-state index is 4.53. The SMILES string of the molecule is Cc1nn(C)c(C)c1CN(CC1CCCN1)C(C)C. The third-order valence-corrected chi connectivity index (χ3v) is 4.37. The summed E-state index contributed by atoms with van der Waals surface area (Å²) in [4.78, 5) is 2.57. The summed E-state index contributed by atoms with van der Waals surface area (Å²) < 4.78 is 2.00. The second-order valence-corrected chi connectivity index (χ2v) is 6.09. The summed E-state index contributed by atoms with van der Waals surface area (Å²) in [5.41, 5.74) is 3.86. The Kier molecular flexibility index (Phi) is 4.63. The van der Waals surface area contributed by atoms with Gasteiger partial charge in [-0.25, -0.2) is 0 Å². The minimum atomic E-state index is 0.571. The van der Waals surface area contributed by atoms with Gasteiger partial charge in [0.15, 0.2) is 0 Å². The van der Waals surface area contributed by atoms with E-state index in [0.29, 0.717) is 12.1 Å². The first-order valence-electron chi connectivity index (χ1n) is 7.45. The number of rotatable bonds is 5. The first-order chi connectivity index (χ1) is 8.99. The average molecular weight is 264 g/mol. The number of nitrogens with one attached hydrogen (secondary N) is 1. The molecule has 0 aromatic carbocycles.